The fourth-order valence-electron chi connectivity index (χ4n) is 1.47. The van der Waals surface area contributed by atoms with Crippen LogP contribution in [0.25, 0.3) is 0 Å². The molecule has 0 unspecified atom stereocenters. The van der Waals surface area contributed by atoms with E-state index >= 15 is 0 Å². The van der Waals surface area contributed by atoms with E-state index in [1.807, 2.05) is 0 Å². The number of carboxylic acids is 1. The summed E-state index contributed by atoms with van der Waals surface area (Å²) in [6.07, 6.45) is 1.45. The molecule has 2 amide bonds. The first-order valence-electron chi connectivity index (χ1n) is 5.64. The van der Waals surface area contributed by atoms with Crippen LogP contribution in [0.5, 0.6) is 0 Å². The Balaban J connectivity index is 2.05. The number of nitrogens with one attached hydrogen (secondary N) is 2. The van der Waals surface area contributed by atoms with E-state index in [9.17, 15) is 9.59 Å². The molecule has 0 aliphatic rings. The monoisotopic (exact) mass is 329 g/mol. The molecular formula is C12H9Cl2N3O4. The smallest absolute Gasteiger partial charge is 0.335 e. The summed E-state index contributed by atoms with van der Waals surface area (Å²) in [5.74, 6) is -0.691. The Morgan fingerprint density at radius 2 is 1.95 bits per heavy atom. The summed E-state index contributed by atoms with van der Waals surface area (Å²) >= 11 is 11.8. The molecule has 0 aliphatic carbocycles. The highest BCUT2D eigenvalue weighted by Crippen LogP contribution is 2.31. The van der Waals surface area contributed by atoms with Crippen molar-refractivity contribution in [2.75, 3.05) is 5.32 Å². The molecule has 0 spiro atoms. The second-order valence-corrected chi connectivity index (χ2v) is 4.72. The van der Waals surface area contributed by atoms with Crippen molar-refractivity contribution in [3.8, 4) is 0 Å². The standard InChI is InChI=1S/C12H9Cl2N3O4/c13-8-3-6(11(18)19)4-9(14)10(8)17-12(20)15-5-7-1-2-16-21-7/h1-4H,5H2,(H,18,19)(H2,15,17,20). The van der Waals surface area contributed by atoms with Crippen LogP contribution >= 0.6 is 23.2 Å². The SMILES string of the molecule is O=C(NCc1ccno1)Nc1c(Cl)cc(C(=O)O)cc1Cl. The Hall–Kier alpha value is -2.25. The second-order valence-electron chi connectivity index (χ2n) is 3.91. The zero-order valence-electron chi connectivity index (χ0n) is 10.4. The summed E-state index contributed by atoms with van der Waals surface area (Å²) in [6.45, 7) is 0.133. The Morgan fingerprint density at radius 3 is 2.48 bits per heavy atom. The Morgan fingerprint density at radius 1 is 1.29 bits per heavy atom. The largest absolute Gasteiger partial charge is 0.478 e. The Labute approximate surface area is 128 Å². The topological polar surface area (TPSA) is 104 Å². The van der Waals surface area contributed by atoms with Crippen molar-refractivity contribution in [1.82, 2.24) is 10.5 Å². The number of hydrogen-bond acceptors (Lipinski definition) is 4. The van der Waals surface area contributed by atoms with Crippen molar-refractivity contribution in [2.24, 2.45) is 0 Å². The molecule has 3 N–H and O–H groups in total. The average molecular weight is 330 g/mol. The molecule has 7 nitrogen and oxygen atoms in total. The van der Waals surface area contributed by atoms with E-state index in [1.54, 1.807) is 6.07 Å². The number of carboxylic acid groups (broad SMARTS) is 1. The van der Waals surface area contributed by atoms with E-state index in [4.69, 9.17) is 32.8 Å². The van der Waals surface area contributed by atoms with Gasteiger partial charge in [0.05, 0.1) is 34.0 Å². The number of benzene rings is 1. The minimum atomic E-state index is -1.17. The highest BCUT2D eigenvalue weighted by Gasteiger charge is 2.14. The number of rotatable bonds is 4. The molecular weight excluding hydrogens is 321 g/mol. The maximum absolute atomic E-state index is 11.7. The van der Waals surface area contributed by atoms with Gasteiger partial charge in [-0.25, -0.2) is 9.59 Å². The number of urea groups is 1. The number of hydrogen-bond donors (Lipinski definition) is 3. The molecule has 0 radical (unpaired) electrons. The van der Waals surface area contributed by atoms with Gasteiger partial charge in [0.15, 0.2) is 5.76 Å². The maximum atomic E-state index is 11.7. The molecule has 0 saturated carbocycles. The fraction of sp³-hybridized carbons (Fsp3) is 0.0833. The van der Waals surface area contributed by atoms with Crippen LogP contribution in [0.1, 0.15) is 16.1 Å². The molecule has 0 atom stereocenters. The molecule has 0 bridgehead atoms. The molecule has 0 saturated heterocycles. The molecule has 1 aromatic carbocycles. The second kappa shape index (κ2) is 6.47. The van der Waals surface area contributed by atoms with Crippen LogP contribution in [0.4, 0.5) is 10.5 Å². The lowest BCUT2D eigenvalue weighted by atomic mass is 10.2. The van der Waals surface area contributed by atoms with E-state index in [2.05, 4.69) is 15.8 Å². The van der Waals surface area contributed by atoms with Crippen molar-refractivity contribution in [1.29, 1.82) is 0 Å². The van der Waals surface area contributed by atoms with Crippen LogP contribution in [0.15, 0.2) is 28.9 Å². The van der Waals surface area contributed by atoms with Gasteiger partial charge in [0.1, 0.15) is 0 Å². The molecule has 110 valence electrons. The molecule has 1 heterocycles. The summed E-state index contributed by atoms with van der Waals surface area (Å²) in [4.78, 5) is 22.6. The van der Waals surface area contributed by atoms with Gasteiger partial charge < -0.3 is 20.3 Å². The normalized spacial score (nSPS) is 10.2. The highest BCUT2D eigenvalue weighted by atomic mass is 35.5. The molecule has 1 aromatic heterocycles. The van der Waals surface area contributed by atoms with Gasteiger partial charge in [-0.05, 0) is 12.1 Å². The van der Waals surface area contributed by atoms with Crippen LogP contribution in [0.2, 0.25) is 10.0 Å². The first kappa shape index (κ1) is 15.1. The molecule has 2 rings (SSSR count). The maximum Gasteiger partial charge on any atom is 0.335 e. The molecule has 2 aromatic rings. The van der Waals surface area contributed by atoms with Crippen LogP contribution in [0, 0.1) is 0 Å². The summed E-state index contributed by atoms with van der Waals surface area (Å²) in [5.41, 5.74) is 0.0519. The van der Waals surface area contributed by atoms with Gasteiger partial charge in [-0.3, -0.25) is 0 Å². The zero-order valence-corrected chi connectivity index (χ0v) is 11.9. The number of nitrogens with zero attached hydrogens (tertiary/aromatic N) is 1. The van der Waals surface area contributed by atoms with Crippen molar-refractivity contribution in [3.05, 3.63) is 45.8 Å². The molecule has 0 fully saturated rings. The number of aromatic carboxylic acids is 1. The lowest BCUT2D eigenvalue weighted by Crippen LogP contribution is -2.28. The van der Waals surface area contributed by atoms with Crippen LogP contribution < -0.4 is 10.6 Å². The number of anilines is 1. The first-order valence-corrected chi connectivity index (χ1v) is 6.39. The van der Waals surface area contributed by atoms with Gasteiger partial charge in [-0.1, -0.05) is 28.4 Å². The lowest BCUT2D eigenvalue weighted by Gasteiger charge is -2.10. The number of carbonyl (C=O) groups excluding carboxylic acids is 1. The Bertz CT molecular complexity index is 650. The lowest BCUT2D eigenvalue weighted by molar-refractivity contribution is 0.0697. The van der Waals surface area contributed by atoms with Gasteiger partial charge in [0.2, 0.25) is 0 Å². The van der Waals surface area contributed by atoms with Gasteiger partial charge in [0.25, 0.3) is 0 Å². The first-order chi connectivity index (χ1) is 9.97. The molecule has 0 aliphatic heterocycles. The predicted octanol–water partition coefficient (Wildman–Crippen LogP) is 3.00. The number of carbonyl (C=O) groups is 2. The summed E-state index contributed by atoms with van der Waals surface area (Å²) in [6, 6.07) is 3.42. The summed E-state index contributed by atoms with van der Waals surface area (Å²) in [7, 11) is 0. The summed E-state index contributed by atoms with van der Waals surface area (Å²) in [5, 5.41) is 17.3. The quantitative estimate of drug-likeness (QED) is 0.799. The third kappa shape index (κ3) is 3.87. The van der Waals surface area contributed by atoms with E-state index < -0.39 is 12.0 Å². The third-order valence-corrected chi connectivity index (χ3v) is 3.04. The zero-order chi connectivity index (χ0) is 15.4. The van der Waals surface area contributed by atoms with Gasteiger partial charge in [-0.15, -0.1) is 0 Å². The Kier molecular flexibility index (Phi) is 4.66. The van der Waals surface area contributed by atoms with E-state index in [1.165, 1.54) is 18.3 Å². The van der Waals surface area contributed by atoms with E-state index in [-0.39, 0.29) is 27.8 Å². The van der Waals surface area contributed by atoms with Crippen molar-refractivity contribution < 1.29 is 19.2 Å². The number of amides is 2. The minimum Gasteiger partial charge on any atom is -0.478 e. The molecule has 9 heteroatoms. The number of halogens is 2. The predicted molar refractivity (Wildman–Crippen MR) is 75.8 cm³/mol. The van der Waals surface area contributed by atoms with Crippen LogP contribution in [-0.4, -0.2) is 22.3 Å². The fourth-order valence-corrected chi connectivity index (χ4v) is 2.06. The molecule has 21 heavy (non-hydrogen) atoms. The van der Waals surface area contributed by atoms with Crippen LogP contribution in [0.3, 0.4) is 0 Å². The number of aromatic nitrogens is 1. The summed E-state index contributed by atoms with van der Waals surface area (Å²) < 4.78 is 4.81. The highest BCUT2D eigenvalue weighted by molar-refractivity contribution is 6.40. The average Bonchev–Trinajstić information content (AvgIpc) is 2.93. The third-order valence-electron chi connectivity index (χ3n) is 2.44. The van der Waals surface area contributed by atoms with Gasteiger partial charge in [-0.2, -0.15) is 0 Å². The van der Waals surface area contributed by atoms with Crippen molar-refractivity contribution >= 4 is 40.9 Å². The van der Waals surface area contributed by atoms with Crippen molar-refractivity contribution in [3.63, 3.8) is 0 Å². The van der Waals surface area contributed by atoms with Crippen LogP contribution in [-0.2, 0) is 6.54 Å². The van der Waals surface area contributed by atoms with Gasteiger partial charge >= 0.3 is 12.0 Å². The van der Waals surface area contributed by atoms with Crippen molar-refractivity contribution in [2.45, 2.75) is 6.54 Å². The van der Waals surface area contributed by atoms with Gasteiger partial charge in [0, 0.05) is 6.07 Å². The van der Waals surface area contributed by atoms with E-state index in [0.29, 0.717) is 5.76 Å². The van der Waals surface area contributed by atoms with E-state index in [0.717, 1.165) is 0 Å². The minimum absolute atomic E-state index is 0.0229.